The van der Waals surface area contributed by atoms with E-state index in [9.17, 15) is 18.3 Å². The molecule has 2 aromatic heterocycles. The summed E-state index contributed by atoms with van der Waals surface area (Å²) in [4.78, 5) is 20.7. The van der Waals surface area contributed by atoms with Gasteiger partial charge in [0.15, 0.2) is 5.13 Å². The molecule has 36 heavy (non-hydrogen) atoms. The minimum absolute atomic E-state index is 0.00211. The SMILES string of the molecule is CC(C)(O)CNc1ccc(S(=O)(=O)Oc2ccc3nc(NC(=O)CCc4cccnc4)sc3c2)cc1. The number of aliphatic hydroxyl groups is 1. The van der Waals surface area contributed by atoms with Crippen molar-refractivity contribution in [1.82, 2.24) is 9.97 Å². The van der Waals surface area contributed by atoms with E-state index in [0.717, 1.165) is 5.56 Å². The van der Waals surface area contributed by atoms with Crippen LogP contribution in [0.3, 0.4) is 0 Å². The average Bonchev–Trinajstić information content (AvgIpc) is 3.23. The van der Waals surface area contributed by atoms with E-state index in [2.05, 4.69) is 20.6 Å². The first-order valence-electron chi connectivity index (χ1n) is 11.2. The van der Waals surface area contributed by atoms with Crippen molar-refractivity contribution >= 4 is 48.4 Å². The number of aryl methyl sites for hydroxylation is 1. The molecular weight excluding hydrogens is 500 g/mol. The Hall–Kier alpha value is -3.54. The van der Waals surface area contributed by atoms with E-state index in [4.69, 9.17) is 4.18 Å². The fourth-order valence-corrected chi connectivity index (χ4v) is 5.06. The van der Waals surface area contributed by atoms with Crippen molar-refractivity contribution in [2.45, 2.75) is 37.2 Å². The molecule has 9 nitrogen and oxygen atoms in total. The summed E-state index contributed by atoms with van der Waals surface area (Å²) in [7, 11) is -4.06. The number of aromatic nitrogens is 2. The summed E-state index contributed by atoms with van der Waals surface area (Å²) in [6, 6.07) is 14.6. The minimum atomic E-state index is -4.06. The molecule has 0 fully saturated rings. The summed E-state index contributed by atoms with van der Waals surface area (Å²) in [5.74, 6) is -0.0257. The summed E-state index contributed by atoms with van der Waals surface area (Å²) in [6.45, 7) is 3.66. The van der Waals surface area contributed by atoms with E-state index in [1.165, 1.54) is 29.5 Å². The molecule has 0 aliphatic heterocycles. The van der Waals surface area contributed by atoms with Crippen LogP contribution in [0.5, 0.6) is 5.75 Å². The predicted octanol–water partition coefficient (Wildman–Crippen LogP) is 4.21. The van der Waals surface area contributed by atoms with Crippen molar-refractivity contribution in [2.24, 2.45) is 0 Å². The molecule has 188 valence electrons. The van der Waals surface area contributed by atoms with Crippen LogP contribution < -0.4 is 14.8 Å². The Morgan fingerprint density at radius 1 is 1.14 bits per heavy atom. The highest BCUT2D eigenvalue weighted by atomic mass is 32.2. The number of amides is 1. The number of thiazole rings is 1. The number of nitrogens with one attached hydrogen (secondary N) is 2. The lowest BCUT2D eigenvalue weighted by Crippen LogP contribution is -2.29. The zero-order chi connectivity index (χ0) is 25.8. The molecule has 0 aliphatic carbocycles. The van der Waals surface area contributed by atoms with Gasteiger partial charge in [-0.3, -0.25) is 9.78 Å². The molecule has 0 bridgehead atoms. The number of benzene rings is 2. The summed E-state index contributed by atoms with van der Waals surface area (Å²) in [6.07, 6.45) is 4.27. The smallest absolute Gasteiger partial charge is 0.339 e. The van der Waals surface area contributed by atoms with Crippen molar-refractivity contribution < 1.29 is 22.5 Å². The lowest BCUT2D eigenvalue weighted by molar-refractivity contribution is -0.116. The number of pyridine rings is 1. The predicted molar refractivity (Wildman–Crippen MR) is 140 cm³/mol. The highest BCUT2D eigenvalue weighted by Gasteiger charge is 2.18. The number of fused-ring (bicyclic) bond motifs is 1. The number of hydrogen-bond donors (Lipinski definition) is 3. The zero-order valence-corrected chi connectivity index (χ0v) is 21.4. The van der Waals surface area contributed by atoms with Crippen LogP contribution in [0.4, 0.5) is 10.8 Å². The molecule has 0 radical (unpaired) electrons. The van der Waals surface area contributed by atoms with Crippen molar-refractivity contribution in [3.05, 3.63) is 72.6 Å². The quantitative estimate of drug-likeness (QED) is 0.262. The molecule has 4 aromatic rings. The summed E-state index contributed by atoms with van der Waals surface area (Å²) in [5.41, 5.74) is 1.37. The van der Waals surface area contributed by atoms with E-state index in [1.807, 2.05) is 12.1 Å². The Kier molecular flexibility index (Phi) is 7.53. The molecule has 3 N–H and O–H groups in total. The number of nitrogens with zero attached hydrogens (tertiary/aromatic N) is 2. The van der Waals surface area contributed by atoms with Gasteiger partial charge in [-0.1, -0.05) is 17.4 Å². The van der Waals surface area contributed by atoms with E-state index < -0.39 is 15.7 Å². The second-order valence-corrected chi connectivity index (χ2v) is 11.4. The Morgan fingerprint density at radius 2 is 1.92 bits per heavy atom. The first-order chi connectivity index (χ1) is 17.1. The average molecular weight is 527 g/mol. The van der Waals surface area contributed by atoms with Crippen molar-refractivity contribution in [2.75, 3.05) is 17.2 Å². The first-order valence-corrected chi connectivity index (χ1v) is 13.4. The number of anilines is 2. The highest BCUT2D eigenvalue weighted by Crippen LogP contribution is 2.31. The Bertz CT molecular complexity index is 1450. The third-order valence-electron chi connectivity index (χ3n) is 5.04. The summed E-state index contributed by atoms with van der Waals surface area (Å²) in [5, 5.41) is 16.1. The van der Waals surface area contributed by atoms with Gasteiger partial charge in [-0.15, -0.1) is 0 Å². The van der Waals surface area contributed by atoms with Crippen molar-refractivity contribution in [1.29, 1.82) is 0 Å². The van der Waals surface area contributed by atoms with Gasteiger partial charge < -0.3 is 19.9 Å². The summed E-state index contributed by atoms with van der Waals surface area (Å²) >= 11 is 1.23. The normalized spacial score (nSPS) is 11.9. The van der Waals surface area contributed by atoms with E-state index in [1.54, 1.807) is 50.5 Å². The molecule has 0 atom stereocenters. The van der Waals surface area contributed by atoms with Gasteiger partial charge in [0.2, 0.25) is 5.91 Å². The van der Waals surface area contributed by atoms with Gasteiger partial charge in [-0.2, -0.15) is 8.42 Å². The monoisotopic (exact) mass is 526 g/mol. The first kappa shape index (κ1) is 25.5. The van der Waals surface area contributed by atoms with Crippen LogP contribution in [0.2, 0.25) is 0 Å². The van der Waals surface area contributed by atoms with Gasteiger partial charge in [-0.25, -0.2) is 4.98 Å². The van der Waals surface area contributed by atoms with Gasteiger partial charge >= 0.3 is 10.1 Å². The lowest BCUT2D eigenvalue weighted by Gasteiger charge is -2.18. The van der Waals surface area contributed by atoms with Crippen LogP contribution in [-0.2, 0) is 21.3 Å². The Balaban J connectivity index is 1.39. The minimum Gasteiger partial charge on any atom is -0.389 e. The number of hydrogen-bond acceptors (Lipinski definition) is 9. The molecule has 0 aliphatic rings. The van der Waals surface area contributed by atoms with Gasteiger partial charge in [0, 0.05) is 37.1 Å². The summed E-state index contributed by atoms with van der Waals surface area (Å²) < 4.78 is 31.5. The third kappa shape index (κ3) is 7.00. The molecule has 11 heteroatoms. The van der Waals surface area contributed by atoms with Gasteiger partial charge in [-0.05, 0) is 68.3 Å². The van der Waals surface area contributed by atoms with E-state index in [-0.39, 0.29) is 16.6 Å². The van der Waals surface area contributed by atoms with Crippen LogP contribution in [0.1, 0.15) is 25.8 Å². The van der Waals surface area contributed by atoms with Crippen LogP contribution in [-0.4, -0.2) is 41.5 Å². The molecule has 2 heterocycles. The molecule has 0 spiro atoms. The van der Waals surface area contributed by atoms with Gasteiger partial charge in [0.05, 0.1) is 15.8 Å². The molecule has 1 amide bonds. The molecular formula is C25H26N4O5S2. The maximum absolute atomic E-state index is 12.7. The van der Waals surface area contributed by atoms with Crippen molar-refractivity contribution in [3.8, 4) is 5.75 Å². The number of carbonyl (C=O) groups is 1. The van der Waals surface area contributed by atoms with E-state index in [0.29, 0.717) is 40.4 Å². The Morgan fingerprint density at radius 3 is 2.61 bits per heavy atom. The lowest BCUT2D eigenvalue weighted by atomic mass is 10.1. The largest absolute Gasteiger partial charge is 0.389 e. The molecule has 4 rings (SSSR count). The van der Waals surface area contributed by atoms with Gasteiger partial charge in [0.1, 0.15) is 10.6 Å². The maximum atomic E-state index is 12.7. The molecule has 0 saturated carbocycles. The van der Waals surface area contributed by atoms with Gasteiger partial charge in [0.25, 0.3) is 0 Å². The van der Waals surface area contributed by atoms with E-state index >= 15 is 0 Å². The second-order valence-electron chi connectivity index (χ2n) is 8.79. The van der Waals surface area contributed by atoms with Crippen LogP contribution in [0.25, 0.3) is 10.2 Å². The molecule has 0 saturated heterocycles. The van der Waals surface area contributed by atoms with Crippen LogP contribution >= 0.6 is 11.3 Å². The van der Waals surface area contributed by atoms with Crippen LogP contribution in [0, 0.1) is 0 Å². The molecule has 0 unspecified atom stereocenters. The molecule has 2 aromatic carbocycles. The second kappa shape index (κ2) is 10.6. The number of carbonyl (C=O) groups excluding carboxylic acids is 1. The highest BCUT2D eigenvalue weighted by molar-refractivity contribution is 7.87. The van der Waals surface area contributed by atoms with Crippen molar-refractivity contribution in [3.63, 3.8) is 0 Å². The fourth-order valence-electron chi connectivity index (χ4n) is 3.23. The Labute approximate surface area is 213 Å². The number of rotatable bonds is 10. The zero-order valence-electron chi connectivity index (χ0n) is 19.8. The van der Waals surface area contributed by atoms with Crippen LogP contribution in [0.15, 0.2) is 71.9 Å². The maximum Gasteiger partial charge on any atom is 0.339 e. The fraction of sp³-hybridized carbons (Fsp3) is 0.240. The third-order valence-corrected chi connectivity index (χ3v) is 7.24. The standard InChI is InChI=1S/C25H26N4O5S2/c1-25(2,31)16-27-18-6-9-20(10-7-18)36(32,33)34-19-8-11-21-22(14-19)35-24(28-21)29-23(30)12-5-17-4-3-13-26-15-17/h3-4,6-11,13-15,27,31H,5,12,16H2,1-2H3,(H,28,29,30). The topological polar surface area (TPSA) is 131 Å².